The number of esters is 1. The third-order valence-corrected chi connectivity index (χ3v) is 3.06. The van der Waals surface area contributed by atoms with Crippen molar-refractivity contribution in [2.24, 2.45) is 5.92 Å². The van der Waals surface area contributed by atoms with Gasteiger partial charge in [-0.3, -0.25) is 14.9 Å². The molecule has 1 aliphatic carbocycles. The van der Waals surface area contributed by atoms with Crippen LogP contribution in [0.1, 0.15) is 19.3 Å². The second-order valence-electron chi connectivity index (χ2n) is 3.95. The Labute approximate surface area is 86.3 Å². The highest BCUT2D eigenvalue weighted by atomic mass is 16.5. The highest BCUT2D eigenvalue weighted by Crippen LogP contribution is 2.37. The molecule has 0 aromatic carbocycles. The first-order chi connectivity index (χ1) is 7.07. The molecule has 0 unspecified atom stereocenters. The molecule has 1 spiro atoms. The normalized spacial score (nSPS) is 34.1. The first-order valence-corrected chi connectivity index (χ1v) is 4.79. The van der Waals surface area contributed by atoms with Crippen molar-refractivity contribution in [3.63, 3.8) is 0 Å². The maximum Gasteiger partial charge on any atom is 0.322 e. The number of ether oxygens (including phenoxy) is 1. The van der Waals surface area contributed by atoms with Gasteiger partial charge in [0.15, 0.2) is 0 Å². The number of rotatable bonds is 1. The summed E-state index contributed by atoms with van der Waals surface area (Å²) in [6, 6.07) is -0.481. The van der Waals surface area contributed by atoms with E-state index in [4.69, 9.17) is 0 Å². The van der Waals surface area contributed by atoms with E-state index in [9.17, 15) is 14.4 Å². The molecule has 82 valence electrons. The van der Waals surface area contributed by atoms with Gasteiger partial charge in [0.25, 0.3) is 5.91 Å². The van der Waals surface area contributed by atoms with Crippen LogP contribution >= 0.6 is 0 Å². The van der Waals surface area contributed by atoms with E-state index in [1.807, 2.05) is 0 Å². The molecule has 2 rings (SSSR count). The van der Waals surface area contributed by atoms with Crippen molar-refractivity contribution in [3.8, 4) is 0 Å². The fraction of sp³-hybridized carbons (Fsp3) is 0.667. The summed E-state index contributed by atoms with van der Waals surface area (Å²) in [4.78, 5) is 33.8. The zero-order chi connectivity index (χ0) is 11.1. The fourth-order valence-corrected chi connectivity index (χ4v) is 2.26. The van der Waals surface area contributed by atoms with Gasteiger partial charge >= 0.3 is 12.0 Å². The van der Waals surface area contributed by atoms with Crippen LogP contribution in [0.5, 0.6) is 0 Å². The summed E-state index contributed by atoms with van der Waals surface area (Å²) in [5.41, 5.74) is -0.879. The SMILES string of the molecule is COC(=O)[C@H]1CC[C@]2(C1)NC(=O)NC2=O. The summed E-state index contributed by atoms with van der Waals surface area (Å²) in [6.07, 6.45) is 1.39. The summed E-state index contributed by atoms with van der Waals surface area (Å²) in [5, 5.41) is 4.77. The lowest BCUT2D eigenvalue weighted by molar-refractivity contribution is -0.145. The Morgan fingerprint density at radius 3 is 2.80 bits per heavy atom. The van der Waals surface area contributed by atoms with Gasteiger partial charge in [-0.25, -0.2) is 4.79 Å². The van der Waals surface area contributed by atoms with Crippen LogP contribution in [0.15, 0.2) is 0 Å². The number of carbonyl (C=O) groups is 3. The number of carbonyl (C=O) groups excluding carboxylic acids is 3. The van der Waals surface area contributed by atoms with Crippen LogP contribution in [-0.4, -0.2) is 30.6 Å². The van der Waals surface area contributed by atoms with Crippen molar-refractivity contribution in [3.05, 3.63) is 0 Å². The molecule has 0 aromatic heterocycles. The average Bonchev–Trinajstić information content (AvgIpc) is 2.72. The third kappa shape index (κ3) is 1.45. The van der Waals surface area contributed by atoms with Gasteiger partial charge in [-0.15, -0.1) is 0 Å². The Morgan fingerprint density at radius 1 is 1.53 bits per heavy atom. The Kier molecular flexibility index (Phi) is 2.13. The number of hydrogen-bond donors (Lipinski definition) is 2. The highest BCUT2D eigenvalue weighted by Gasteiger charge is 2.52. The molecule has 1 heterocycles. The van der Waals surface area contributed by atoms with E-state index in [1.54, 1.807) is 0 Å². The monoisotopic (exact) mass is 212 g/mol. The summed E-state index contributed by atoms with van der Waals surface area (Å²) in [5.74, 6) is -0.945. The molecule has 1 aliphatic heterocycles. The number of nitrogens with one attached hydrogen (secondary N) is 2. The van der Waals surface area contributed by atoms with Gasteiger partial charge in [0.05, 0.1) is 13.0 Å². The van der Waals surface area contributed by atoms with E-state index >= 15 is 0 Å². The van der Waals surface area contributed by atoms with Crippen molar-refractivity contribution in [2.45, 2.75) is 24.8 Å². The minimum atomic E-state index is -0.879. The maximum atomic E-state index is 11.5. The lowest BCUT2D eigenvalue weighted by atomic mass is 9.96. The summed E-state index contributed by atoms with van der Waals surface area (Å²) >= 11 is 0. The molecule has 3 amide bonds. The topological polar surface area (TPSA) is 84.5 Å². The van der Waals surface area contributed by atoms with E-state index in [-0.39, 0.29) is 17.8 Å². The van der Waals surface area contributed by atoms with E-state index < -0.39 is 11.6 Å². The van der Waals surface area contributed by atoms with Crippen molar-refractivity contribution < 1.29 is 19.1 Å². The Bertz CT molecular complexity index is 341. The number of urea groups is 1. The number of amides is 3. The standard InChI is InChI=1S/C9H12N2O4/c1-15-6(12)5-2-3-9(4-5)7(13)10-8(14)11-9/h5H,2-4H2,1H3,(H2,10,11,13,14)/t5-,9+/m0/s1. The minimum Gasteiger partial charge on any atom is -0.469 e. The second kappa shape index (κ2) is 3.22. The van der Waals surface area contributed by atoms with E-state index in [0.29, 0.717) is 19.3 Å². The molecule has 2 aliphatic rings. The number of imide groups is 1. The van der Waals surface area contributed by atoms with Crippen LogP contribution in [0.3, 0.4) is 0 Å². The third-order valence-electron chi connectivity index (χ3n) is 3.06. The van der Waals surface area contributed by atoms with Crippen LogP contribution in [0.2, 0.25) is 0 Å². The minimum absolute atomic E-state index is 0.292. The summed E-state index contributed by atoms with van der Waals surface area (Å²) in [6.45, 7) is 0. The van der Waals surface area contributed by atoms with Crippen LogP contribution < -0.4 is 10.6 Å². The Morgan fingerprint density at radius 2 is 2.27 bits per heavy atom. The lowest BCUT2D eigenvalue weighted by Crippen LogP contribution is -2.44. The zero-order valence-electron chi connectivity index (χ0n) is 8.33. The molecular weight excluding hydrogens is 200 g/mol. The second-order valence-corrected chi connectivity index (χ2v) is 3.95. The summed E-state index contributed by atoms with van der Waals surface area (Å²) in [7, 11) is 1.32. The van der Waals surface area contributed by atoms with Crippen LogP contribution in [0.4, 0.5) is 4.79 Å². The molecule has 6 nitrogen and oxygen atoms in total. The van der Waals surface area contributed by atoms with E-state index in [1.165, 1.54) is 7.11 Å². The molecule has 2 atom stereocenters. The van der Waals surface area contributed by atoms with Crippen molar-refractivity contribution in [1.29, 1.82) is 0 Å². The molecule has 1 saturated carbocycles. The first kappa shape index (κ1) is 9.95. The van der Waals surface area contributed by atoms with Crippen molar-refractivity contribution >= 4 is 17.9 Å². The van der Waals surface area contributed by atoms with Crippen LogP contribution in [0.25, 0.3) is 0 Å². The van der Waals surface area contributed by atoms with E-state index in [2.05, 4.69) is 15.4 Å². The number of hydrogen-bond acceptors (Lipinski definition) is 4. The molecule has 0 radical (unpaired) electrons. The Hall–Kier alpha value is -1.59. The molecule has 15 heavy (non-hydrogen) atoms. The molecule has 0 aromatic rings. The maximum absolute atomic E-state index is 11.5. The van der Waals surface area contributed by atoms with Crippen LogP contribution in [0, 0.1) is 5.92 Å². The van der Waals surface area contributed by atoms with E-state index in [0.717, 1.165) is 0 Å². The van der Waals surface area contributed by atoms with Gasteiger partial charge in [0.2, 0.25) is 0 Å². The van der Waals surface area contributed by atoms with Gasteiger partial charge in [0.1, 0.15) is 5.54 Å². The molecule has 0 bridgehead atoms. The Balaban J connectivity index is 2.12. The molecule has 6 heteroatoms. The lowest BCUT2D eigenvalue weighted by Gasteiger charge is -2.18. The first-order valence-electron chi connectivity index (χ1n) is 4.79. The smallest absolute Gasteiger partial charge is 0.322 e. The highest BCUT2D eigenvalue weighted by molar-refractivity contribution is 6.07. The number of methoxy groups -OCH3 is 1. The van der Waals surface area contributed by atoms with Crippen LogP contribution in [-0.2, 0) is 14.3 Å². The van der Waals surface area contributed by atoms with Crippen molar-refractivity contribution in [2.75, 3.05) is 7.11 Å². The van der Waals surface area contributed by atoms with Gasteiger partial charge < -0.3 is 10.1 Å². The summed E-state index contributed by atoms with van der Waals surface area (Å²) < 4.78 is 4.62. The molecule has 2 N–H and O–H groups in total. The molecule has 2 fully saturated rings. The fourth-order valence-electron chi connectivity index (χ4n) is 2.26. The predicted molar refractivity (Wildman–Crippen MR) is 48.8 cm³/mol. The van der Waals surface area contributed by atoms with Gasteiger partial charge in [-0.2, -0.15) is 0 Å². The zero-order valence-corrected chi connectivity index (χ0v) is 8.33. The molecule has 1 saturated heterocycles. The average molecular weight is 212 g/mol. The quantitative estimate of drug-likeness (QED) is 0.455. The van der Waals surface area contributed by atoms with Crippen molar-refractivity contribution in [1.82, 2.24) is 10.6 Å². The van der Waals surface area contributed by atoms with Gasteiger partial charge in [-0.05, 0) is 19.3 Å². The molecular formula is C9H12N2O4. The largest absolute Gasteiger partial charge is 0.469 e. The van der Waals surface area contributed by atoms with Gasteiger partial charge in [-0.1, -0.05) is 0 Å². The van der Waals surface area contributed by atoms with Gasteiger partial charge in [0, 0.05) is 0 Å². The predicted octanol–water partition coefficient (Wildman–Crippen LogP) is -0.462.